The van der Waals surface area contributed by atoms with Crippen LogP contribution < -0.4 is 27.8 Å². The van der Waals surface area contributed by atoms with Crippen LogP contribution in [0.25, 0.3) is 0 Å². The molecule has 9 N–H and O–H groups in total. The minimum absolute atomic E-state index is 0.0177. The lowest BCUT2D eigenvalue weighted by atomic mass is 10.1. The molecule has 0 rings (SSSR count). The Labute approximate surface area is 136 Å². The van der Waals surface area contributed by atoms with Crippen LogP contribution in [-0.2, 0) is 24.0 Å². The van der Waals surface area contributed by atoms with Gasteiger partial charge in [0.25, 0.3) is 0 Å². The van der Waals surface area contributed by atoms with Crippen LogP contribution in [0.4, 0.5) is 0 Å². The summed E-state index contributed by atoms with van der Waals surface area (Å²) < 4.78 is 0. The van der Waals surface area contributed by atoms with Crippen molar-refractivity contribution in [2.24, 2.45) is 17.2 Å². The van der Waals surface area contributed by atoms with Gasteiger partial charge in [-0.15, -0.1) is 0 Å². The van der Waals surface area contributed by atoms with Gasteiger partial charge in [0.2, 0.25) is 23.6 Å². The third kappa shape index (κ3) is 8.01. The Morgan fingerprint density at radius 3 is 1.74 bits per heavy atom. The first-order chi connectivity index (χ1) is 10.6. The molecule has 0 spiro atoms. The molecular weight excluding hydrogens is 330 g/mol. The first-order valence-corrected chi connectivity index (χ1v) is 6.98. The second kappa shape index (κ2) is 9.63. The number of amides is 4. The fraction of sp³-hybridized carbons (Fsp3) is 0.545. The summed E-state index contributed by atoms with van der Waals surface area (Å²) >= 11 is 3.81. The maximum absolute atomic E-state index is 12.0. The molecule has 3 atom stereocenters. The largest absolute Gasteiger partial charge is 0.480 e. The SMILES string of the molecule is NC(=O)C[C@H](NC(=O)[C@H](CC(N)=O)NC(=O)[C@@H](N)CS)C(=O)O. The molecule has 0 saturated heterocycles. The molecular formula is C11H19N5O6S. The van der Waals surface area contributed by atoms with Gasteiger partial charge in [-0.3, -0.25) is 19.2 Å². The van der Waals surface area contributed by atoms with E-state index >= 15 is 0 Å². The van der Waals surface area contributed by atoms with Crippen molar-refractivity contribution >= 4 is 42.2 Å². The Hall–Kier alpha value is -2.34. The summed E-state index contributed by atoms with van der Waals surface area (Å²) in [5.41, 5.74) is 15.3. The average molecular weight is 349 g/mol. The lowest BCUT2D eigenvalue weighted by Crippen LogP contribution is -2.56. The van der Waals surface area contributed by atoms with Crippen LogP contribution in [0.15, 0.2) is 0 Å². The predicted octanol–water partition coefficient (Wildman–Crippen LogP) is -3.95. The summed E-state index contributed by atoms with van der Waals surface area (Å²) in [5, 5.41) is 13.1. The Morgan fingerprint density at radius 1 is 0.913 bits per heavy atom. The second-order valence-corrected chi connectivity index (χ2v) is 4.96. The fourth-order valence-electron chi connectivity index (χ4n) is 1.45. The zero-order chi connectivity index (χ0) is 18.2. The van der Waals surface area contributed by atoms with Gasteiger partial charge in [0, 0.05) is 5.75 Å². The molecule has 0 aliphatic carbocycles. The van der Waals surface area contributed by atoms with Crippen molar-refractivity contribution < 1.29 is 29.1 Å². The molecule has 0 aliphatic rings. The maximum atomic E-state index is 12.0. The Bertz CT molecular complexity index is 499. The highest BCUT2D eigenvalue weighted by Gasteiger charge is 2.29. The molecule has 0 unspecified atom stereocenters. The zero-order valence-corrected chi connectivity index (χ0v) is 12.9. The van der Waals surface area contributed by atoms with Crippen molar-refractivity contribution in [2.45, 2.75) is 31.0 Å². The summed E-state index contributed by atoms with van der Waals surface area (Å²) in [7, 11) is 0. The highest BCUT2D eigenvalue weighted by Crippen LogP contribution is 1.98. The number of hydrogen-bond acceptors (Lipinski definition) is 7. The van der Waals surface area contributed by atoms with Crippen LogP contribution in [0.3, 0.4) is 0 Å². The summed E-state index contributed by atoms with van der Waals surface area (Å²) in [6, 6.07) is -4.09. The monoisotopic (exact) mass is 349 g/mol. The van der Waals surface area contributed by atoms with Crippen LogP contribution in [0.1, 0.15) is 12.8 Å². The van der Waals surface area contributed by atoms with E-state index in [4.69, 9.17) is 22.3 Å². The van der Waals surface area contributed by atoms with E-state index in [1.54, 1.807) is 0 Å². The number of carbonyl (C=O) groups excluding carboxylic acids is 4. The highest BCUT2D eigenvalue weighted by molar-refractivity contribution is 7.80. The molecule has 0 aromatic heterocycles. The first-order valence-electron chi connectivity index (χ1n) is 6.35. The molecule has 0 aromatic rings. The van der Waals surface area contributed by atoms with Gasteiger partial charge in [-0.05, 0) is 0 Å². The van der Waals surface area contributed by atoms with E-state index in [0.717, 1.165) is 0 Å². The summed E-state index contributed by atoms with van der Waals surface area (Å²) in [5.74, 6) is -5.18. The Morgan fingerprint density at radius 2 is 1.35 bits per heavy atom. The molecule has 12 heteroatoms. The van der Waals surface area contributed by atoms with Crippen LogP contribution in [0.5, 0.6) is 0 Å². The van der Waals surface area contributed by atoms with Gasteiger partial charge in [0.15, 0.2) is 0 Å². The van der Waals surface area contributed by atoms with Crippen LogP contribution in [-0.4, -0.2) is 58.6 Å². The van der Waals surface area contributed by atoms with Gasteiger partial charge < -0.3 is 32.9 Å². The number of nitrogens with two attached hydrogens (primary N) is 3. The number of hydrogen-bond donors (Lipinski definition) is 7. The third-order valence-corrected chi connectivity index (χ3v) is 2.99. The van der Waals surface area contributed by atoms with E-state index in [1.165, 1.54) is 0 Å². The van der Waals surface area contributed by atoms with Gasteiger partial charge in [-0.25, -0.2) is 4.79 Å². The van der Waals surface area contributed by atoms with Crippen molar-refractivity contribution in [3.05, 3.63) is 0 Å². The maximum Gasteiger partial charge on any atom is 0.326 e. The van der Waals surface area contributed by atoms with E-state index in [-0.39, 0.29) is 5.75 Å². The van der Waals surface area contributed by atoms with E-state index in [0.29, 0.717) is 0 Å². The Balaban J connectivity index is 5.04. The van der Waals surface area contributed by atoms with Crippen LogP contribution in [0, 0.1) is 0 Å². The first kappa shape index (κ1) is 20.7. The van der Waals surface area contributed by atoms with Crippen molar-refractivity contribution in [2.75, 3.05) is 5.75 Å². The molecule has 130 valence electrons. The van der Waals surface area contributed by atoms with Gasteiger partial charge in [0.1, 0.15) is 12.1 Å². The summed E-state index contributed by atoms with van der Waals surface area (Å²) in [6.07, 6.45) is -1.24. The molecule has 0 aromatic carbocycles. The molecule has 4 amide bonds. The molecule has 23 heavy (non-hydrogen) atoms. The number of aliphatic carboxylic acids is 1. The highest BCUT2D eigenvalue weighted by atomic mass is 32.1. The molecule has 0 bridgehead atoms. The normalized spacial score (nSPS) is 14.2. The molecule has 0 saturated carbocycles. The van der Waals surface area contributed by atoms with Crippen LogP contribution in [0.2, 0.25) is 0 Å². The summed E-state index contributed by atoms with van der Waals surface area (Å²) in [4.78, 5) is 56.4. The lowest BCUT2D eigenvalue weighted by molar-refractivity contribution is -0.143. The van der Waals surface area contributed by atoms with E-state index in [1.807, 2.05) is 5.32 Å². The number of primary amides is 2. The number of carboxylic acids is 1. The smallest absolute Gasteiger partial charge is 0.326 e. The average Bonchev–Trinajstić information content (AvgIpc) is 2.43. The summed E-state index contributed by atoms with van der Waals surface area (Å²) in [6.45, 7) is 0. The zero-order valence-electron chi connectivity index (χ0n) is 12.0. The Kier molecular flexibility index (Phi) is 8.65. The number of rotatable bonds is 10. The van der Waals surface area contributed by atoms with Crippen molar-refractivity contribution in [1.82, 2.24) is 10.6 Å². The number of carbonyl (C=O) groups is 5. The number of thiol groups is 1. The third-order valence-electron chi connectivity index (χ3n) is 2.59. The quantitative estimate of drug-likeness (QED) is 0.194. The molecule has 0 heterocycles. The fourth-order valence-corrected chi connectivity index (χ4v) is 1.61. The molecule has 0 radical (unpaired) electrons. The van der Waals surface area contributed by atoms with Crippen LogP contribution >= 0.6 is 12.6 Å². The number of carboxylic acid groups (broad SMARTS) is 1. The molecule has 0 aliphatic heterocycles. The van der Waals surface area contributed by atoms with E-state index in [9.17, 15) is 24.0 Å². The van der Waals surface area contributed by atoms with Crippen molar-refractivity contribution in [3.63, 3.8) is 0 Å². The molecule has 0 fully saturated rings. The van der Waals surface area contributed by atoms with Crippen molar-refractivity contribution in [3.8, 4) is 0 Å². The minimum atomic E-state index is -1.61. The van der Waals surface area contributed by atoms with Gasteiger partial charge >= 0.3 is 5.97 Å². The van der Waals surface area contributed by atoms with E-state index in [2.05, 4.69) is 17.9 Å². The predicted molar refractivity (Wildman–Crippen MR) is 80.9 cm³/mol. The number of nitrogens with one attached hydrogen (secondary N) is 2. The van der Waals surface area contributed by atoms with Crippen molar-refractivity contribution in [1.29, 1.82) is 0 Å². The lowest BCUT2D eigenvalue weighted by Gasteiger charge is -2.21. The minimum Gasteiger partial charge on any atom is -0.480 e. The standard InChI is InChI=1S/C11H19N5O6S/c12-4(3-23)9(19)15-5(1-7(13)17)10(20)16-6(11(21)22)2-8(14)18/h4-6,23H,1-3,12H2,(H2,13,17)(H2,14,18)(H,15,19)(H,16,20)(H,21,22)/t4-,5-,6-/m0/s1. The topological polar surface area (TPSA) is 208 Å². The second-order valence-electron chi connectivity index (χ2n) is 4.59. The van der Waals surface area contributed by atoms with E-state index < -0.39 is 60.6 Å². The van der Waals surface area contributed by atoms with Gasteiger partial charge in [0.05, 0.1) is 18.9 Å². The van der Waals surface area contributed by atoms with Gasteiger partial charge in [-0.1, -0.05) is 0 Å². The van der Waals surface area contributed by atoms with Gasteiger partial charge in [-0.2, -0.15) is 12.6 Å². The molecule has 11 nitrogen and oxygen atoms in total.